The van der Waals surface area contributed by atoms with Crippen LogP contribution in [0.1, 0.15) is 37.2 Å². The summed E-state index contributed by atoms with van der Waals surface area (Å²) in [5, 5.41) is 0. The predicted molar refractivity (Wildman–Crippen MR) is 87.7 cm³/mol. The third kappa shape index (κ3) is 6.78. The van der Waals surface area contributed by atoms with E-state index in [0.717, 1.165) is 12.8 Å². The topological polar surface area (TPSA) is 47.9 Å². The van der Waals surface area contributed by atoms with Crippen molar-refractivity contribution in [3.05, 3.63) is 17.5 Å². The molecule has 0 saturated heterocycles. The van der Waals surface area contributed by atoms with E-state index in [-0.39, 0.29) is 17.8 Å². The van der Waals surface area contributed by atoms with Crippen molar-refractivity contribution in [1.82, 2.24) is 15.0 Å². The summed E-state index contributed by atoms with van der Waals surface area (Å²) in [4.78, 5) is 12.1. The largest absolute Gasteiger partial charge is 0.382 e. The van der Waals surface area contributed by atoms with Crippen LogP contribution < -0.4 is 0 Å². The van der Waals surface area contributed by atoms with Gasteiger partial charge in [-0.25, -0.2) is 15.0 Å². The Hall–Kier alpha value is 0.710. The quantitative estimate of drug-likeness (QED) is 0.643. The molecule has 1 aromatic heterocycles. The van der Waals surface area contributed by atoms with Crippen molar-refractivity contribution >= 4 is 69.6 Å². The Labute approximate surface area is 153 Å². The number of aryl methyl sites for hydroxylation is 1. The average molecular weight is 416 g/mol. The van der Waals surface area contributed by atoms with Crippen molar-refractivity contribution in [1.29, 1.82) is 0 Å². The molecule has 1 unspecified atom stereocenters. The fourth-order valence-electron chi connectivity index (χ4n) is 1.45. The van der Waals surface area contributed by atoms with Gasteiger partial charge in [0.25, 0.3) is 0 Å². The first-order valence-corrected chi connectivity index (χ1v) is 8.23. The predicted octanol–water partition coefficient (Wildman–Crippen LogP) is 4.88. The molecule has 10 heteroatoms. The lowest BCUT2D eigenvalue weighted by molar-refractivity contribution is 0.109. The van der Waals surface area contributed by atoms with Gasteiger partial charge < -0.3 is 4.74 Å². The van der Waals surface area contributed by atoms with Crippen molar-refractivity contribution in [2.45, 2.75) is 39.9 Å². The normalized spacial score (nSPS) is 14.3. The Morgan fingerprint density at radius 2 is 1.43 bits per heavy atom. The minimum Gasteiger partial charge on any atom is -0.382 e. The van der Waals surface area contributed by atoms with Crippen molar-refractivity contribution < 1.29 is 4.74 Å². The van der Waals surface area contributed by atoms with E-state index in [2.05, 4.69) is 15.0 Å². The third-order valence-corrected chi connectivity index (χ3v) is 3.62. The molecule has 0 aromatic carbocycles. The number of halogens is 6. The minimum absolute atomic E-state index is 0.0707. The second kappa shape index (κ2) is 8.00. The van der Waals surface area contributed by atoms with E-state index >= 15 is 0 Å². The molecule has 1 aromatic rings. The molecule has 1 rings (SSSR count). The smallest absolute Gasteiger partial charge is 0.250 e. The van der Waals surface area contributed by atoms with Gasteiger partial charge in [-0.15, -0.1) is 0 Å². The van der Waals surface area contributed by atoms with Gasteiger partial charge >= 0.3 is 0 Å². The molecule has 0 aliphatic heterocycles. The van der Waals surface area contributed by atoms with E-state index in [1.54, 1.807) is 7.11 Å². The van der Waals surface area contributed by atoms with E-state index in [1.165, 1.54) is 0 Å². The maximum absolute atomic E-state index is 5.79. The average Bonchev–Trinajstić information content (AvgIpc) is 2.36. The first-order chi connectivity index (χ1) is 9.54. The summed E-state index contributed by atoms with van der Waals surface area (Å²) in [7, 11) is 1.65. The lowest BCUT2D eigenvalue weighted by Gasteiger charge is -2.15. The number of rotatable bonds is 5. The van der Waals surface area contributed by atoms with Crippen LogP contribution in [-0.2, 0) is 18.7 Å². The summed E-state index contributed by atoms with van der Waals surface area (Å²) < 4.78 is 1.53. The SMILES string of the molecule is COC(C)CCCc1nc(C(Cl)(Cl)Cl)nc(C(Cl)(Cl)Cl)n1. The molecular weight excluding hydrogens is 403 g/mol. The molecule has 0 radical (unpaired) electrons. The zero-order valence-corrected chi connectivity index (χ0v) is 15.8. The summed E-state index contributed by atoms with van der Waals surface area (Å²) in [6.07, 6.45) is 2.26. The highest BCUT2D eigenvalue weighted by Gasteiger charge is 2.33. The molecule has 21 heavy (non-hydrogen) atoms. The standard InChI is InChI=1S/C11H13Cl6N3O/c1-6(21-2)4-3-5-7-18-8(10(12,13)14)20-9(19-7)11(15,16)17/h6H,3-5H2,1-2H3. The number of aromatic nitrogens is 3. The monoisotopic (exact) mass is 413 g/mol. The first-order valence-electron chi connectivity index (χ1n) is 5.96. The molecule has 4 nitrogen and oxygen atoms in total. The van der Waals surface area contributed by atoms with Crippen LogP contribution in [-0.4, -0.2) is 28.2 Å². The van der Waals surface area contributed by atoms with Crippen LogP contribution in [0.15, 0.2) is 0 Å². The highest BCUT2D eigenvalue weighted by molar-refractivity contribution is 6.67. The Morgan fingerprint density at radius 1 is 0.952 bits per heavy atom. The van der Waals surface area contributed by atoms with Gasteiger partial charge in [-0.1, -0.05) is 69.6 Å². The van der Waals surface area contributed by atoms with Gasteiger partial charge in [0.2, 0.25) is 7.59 Å². The van der Waals surface area contributed by atoms with Gasteiger partial charge in [-0.3, -0.25) is 0 Å². The summed E-state index contributed by atoms with van der Waals surface area (Å²) in [6, 6.07) is 0. The molecule has 0 fully saturated rings. The fourth-order valence-corrected chi connectivity index (χ4v) is 1.96. The molecule has 1 heterocycles. The van der Waals surface area contributed by atoms with Gasteiger partial charge in [0.05, 0.1) is 6.10 Å². The van der Waals surface area contributed by atoms with E-state index in [0.29, 0.717) is 12.2 Å². The summed E-state index contributed by atoms with van der Waals surface area (Å²) in [5.41, 5.74) is 0. The van der Waals surface area contributed by atoms with Crippen LogP contribution in [0.25, 0.3) is 0 Å². The van der Waals surface area contributed by atoms with Gasteiger partial charge in [0, 0.05) is 13.5 Å². The second-order valence-electron chi connectivity index (χ2n) is 4.33. The summed E-state index contributed by atoms with van der Waals surface area (Å²) >= 11 is 34.7. The van der Waals surface area contributed by atoms with Gasteiger partial charge in [0.1, 0.15) is 5.82 Å². The zero-order chi connectivity index (χ0) is 16.3. The molecule has 120 valence electrons. The maximum Gasteiger partial charge on any atom is 0.250 e. The molecule has 1 atom stereocenters. The number of ether oxygens (including phenoxy) is 1. The van der Waals surface area contributed by atoms with Crippen molar-refractivity contribution in [2.75, 3.05) is 7.11 Å². The van der Waals surface area contributed by atoms with Crippen LogP contribution in [0.2, 0.25) is 0 Å². The molecule has 0 aliphatic rings. The lowest BCUT2D eigenvalue weighted by atomic mass is 10.1. The third-order valence-electron chi connectivity index (χ3n) is 2.60. The van der Waals surface area contributed by atoms with Crippen molar-refractivity contribution in [3.63, 3.8) is 0 Å². The first kappa shape index (κ1) is 19.8. The molecular formula is C11H13Cl6N3O. The Kier molecular flexibility index (Phi) is 7.53. The van der Waals surface area contributed by atoms with Crippen LogP contribution in [0.5, 0.6) is 0 Å². The Bertz CT molecular complexity index is 442. The number of hydrogen-bond donors (Lipinski definition) is 0. The molecule has 0 saturated carbocycles. The van der Waals surface area contributed by atoms with E-state index in [4.69, 9.17) is 74.3 Å². The van der Waals surface area contributed by atoms with Crippen LogP contribution in [0.3, 0.4) is 0 Å². The van der Waals surface area contributed by atoms with Gasteiger partial charge in [-0.05, 0) is 19.8 Å². The van der Waals surface area contributed by atoms with Crippen LogP contribution >= 0.6 is 69.6 Å². The molecule has 0 spiro atoms. The number of hydrogen-bond acceptors (Lipinski definition) is 4. The highest BCUT2D eigenvalue weighted by Crippen LogP contribution is 2.39. The zero-order valence-electron chi connectivity index (χ0n) is 11.2. The number of methoxy groups -OCH3 is 1. The van der Waals surface area contributed by atoms with E-state index in [9.17, 15) is 0 Å². The fraction of sp³-hybridized carbons (Fsp3) is 0.727. The highest BCUT2D eigenvalue weighted by atomic mass is 35.6. The van der Waals surface area contributed by atoms with Crippen LogP contribution in [0, 0.1) is 0 Å². The van der Waals surface area contributed by atoms with Crippen molar-refractivity contribution in [2.24, 2.45) is 0 Å². The van der Waals surface area contributed by atoms with Gasteiger partial charge in [0.15, 0.2) is 11.6 Å². The van der Waals surface area contributed by atoms with Crippen LogP contribution in [0.4, 0.5) is 0 Å². The molecule has 0 aliphatic carbocycles. The molecule has 0 amide bonds. The Balaban J connectivity index is 2.98. The second-order valence-corrected chi connectivity index (χ2v) is 8.90. The summed E-state index contributed by atoms with van der Waals surface area (Å²) in [6.45, 7) is 1.97. The van der Waals surface area contributed by atoms with Gasteiger partial charge in [-0.2, -0.15) is 0 Å². The van der Waals surface area contributed by atoms with Crippen molar-refractivity contribution in [3.8, 4) is 0 Å². The van der Waals surface area contributed by atoms with E-state index < -0.39 is 7.59 Å². The molecule has 0 bridgehead atoms. The Morgan fingerprint density at radius 3 is 1.81 bits per heavy atom. The summed E-state index contributed by atoms with van der Waals surface area (Å²) in [5.74, 6) is 0.258. The molecule has 0 N–H and O–H groups in total. The number of nitrogens with zero attached hydrogens (tertiary/aromatic N) is 3. The lowest BCUT2D eigenvalue weighted by Crippen LogP contribution is -2.18. The maximum atomic E-state index is 5.79. The minimum atomic E-state index is -1.82. The van der Waals surface area contributed by atoms with E-state index in [1.807, 2.05) is 6.92 Å². The number of alkyl halides is 6.